The Morgan fingerprint density at radius 2 is 2.10 bits per heavy atom. The lowest BCUT2D eigenvalue weighted by Crippen LogP contribution is -2.12. The summed E-state index contributed by atoms with van der Waals surface area (Å²) in [5.74, 6) is 0.541. The lowest BCUT2D eigenvalue weighted by Gasteiger charge is -2.05. The third kappa shape index (κ3) is 3.51. The van der Waals surface area contributed by atoms with Gasteiger partial charge in [-0.25, -0.2) is 0 Å². The van der Waals surface area contributed by atoms with Crippen molar-refractivity contribution in [3.8, 4) is 11.4 Å². The van der Waals surface area contributed by atoms with E-state index in [1.54, 1.807) is 11.3 Å². The van der Waals surface area contributed by atoms with Crippen LogP contribution in [0.4, 0.5) is 5.69 Å². The highest BCUT2D eigenvalue weighted by Crippen LogP contribution is 2.17. The van der Waals surface area contributed by atoms with Gasteiger partial charge in [-0.2, -0.15) is 16.6 Å². The van der Waals surface area contributed by atoms with Gasteiger partial charge in [0.25, 0.3) is 0 Å². The summed E-state index contributed by atoms with van der Waals surface area (Å²) in [7, 11) is 0. The zero-order valence-corrected chi connectivity index (χ0v) is 11.9. The Morgan fingerprint density at radius 3 is 2.76 bits per heavy atom. The van der Waals surface area contributed by atoms with Gasteiger partial charge in [0, 0.05) is 17.7 Å². The molecule has 0 saturated heterocycles. The van der Waals surface area contributed by atoms with Crippen LogP contribution in [0.15, 0.2) is 41.1 Å². The summed E-state index contributed by atoms with van der Waals surface area (Å²) >= 11 is 1.64. The van der Waals surface area contributed by atoms with Crippen LogP contribution >= 0.6 is 11.3 Å². The number of aryl methyl sites for hydroxylation is 1. The number of tetrazole rings is 1. The van der Waals surface area contributed by atoms with Crippen molar-refractivity contribution in [3.63, 3.8) is 0 Å². The molecule has 7 heteroatoms. The Hall–Kier alpha value is -2.54. The first-order chi connectivity index (χ1) is 10.3. The van der Waals surface area contributed by atoms with Crippen LogP contribution in [0.5, 0.6) is 0 Å². The van der Waals surface area contributed by atoms with E-state index in [9.17, 15) is 4.79 Å². The molecular formula is C14H13N5OS. The highest BCUT2D eigenvalue weighted by atomic mass is 32.1. The van der Waals surface area contributed by atoms with Gasteiger partial charge in [0.1, 0.15) is 0 Å². The molecular weight excluding hydrogens is 286 g/mol. The molecule has 0 atom stereocenters. The van der Waals surface area contributed by atoms with E-state index in [1.807, 2.05) is 35.7 Å². The van der Waals surface area contributed by atoms with Crippen molar-refractivity contribution in [1.82, 2.24) is 20.6 Å². The van der Waals surface area contributed by atoms with Crippen LogP contribution in [-0.2, 0) is 11.2 Å². The minimum atomic E-state index is 0.00788. The Kier molecular flexibility index (Phi) is 4.02. The third-order valence-corrected chi connectivity index (χ3v) is 3.73. The second-order valence-electron chi connectivity index (χ2n) is 4.49. The Balaban J connectivity index is 1.56. The SMILES string of the molecule is O=C(CCc1ccsc1)Nc1ccc(-c2nn[nH]n2)cc1. The van der Waals surface area contributed by atoms with Crippen LogP contribution in [0.1, 0.15) is 12.0 Å². The van der Waals surface area contributed by atoms with E-state index in [1.165, 1.54) is 5.56 Å². The van der Waals surface area contributed by atoms with Gasteiger partial charge in [0.05, 0.1) is 0 Å². The number of aromatic nitrogens is 4. The molecule has 106 valence electrons. The molecule has 0 unspecified atom stereocenters. The Morgan fingerprint density at radius 1 is 1.24 bits per heavy atom. The summed E-state index contributed by atoms with van der Waals surface area (Å²) in [5, 5.41) is 20.7. The number of aromatic amines is 1. The van der Waals surface area contributed by atoms with Crippen molar-refractivity contribution in [3.05, 3.63) is 46.7 Å². The molecule has 21 heavy (non-hydrogen) atoms. The summed E-state index contributed by atoms with van der Waals surface area (Å²) < 4.78 is 0. The van der Waals surface area contributed by atoms with Gasteiger partial charge in [0.15, 0.2) is 0 Å². The molecule has 6 nitrogen and oxygen atoms in total. The maximum atomic E-state index is 11.9. The number of carbonyl (C=O) groups is 1. The Labute approximate surface area is 125 Å². The van der Waals surface area contributed by atoms with Crippen LogP contribution in [0.3, 0.4) is 0 Å². The molecule has 0 aliphatic carbocycles. The number of thiophene rings is 1. The molecule has 2 heterocycles. The molecule has 1 amide bonds. The number of anilines is 1. The first kappa shape index (κ1) is 13.4. The van der Waals surface area contributed by atoms with E-state index in [0.29, 0.717) is 12.2 Å². The maximum absolute atomic E-state index is 11.9. The van der Waals surface area contributed by atoms with Crippen molar-refractivity contribution in [1.29, 1.82) is 0 Å². The van der Waals surface area contributed by atoms with E-state index >= 15 is 0 Å². The second kappa shape index (κ2) is 6.27. The van der Waals surface area contributed by atoms with Gasteiger partial charge in [0.2, 0.25) is 11.7 Å². The number of H-pyrrole nitrogens is 1. The van der Waals surface area contributed by atoms with Crippen LogP contribution in [0, 0.1) is 0 Å². The topological polar surface area (TPSA) is 83.6 Å². The molecule has 0 aliphatic heterocycles. The average Bonchev–Trinajstić information content (AvgIpc) is 3.19. The zero-order chi connectivity index (χ0) is 14.5. The molecule has 0 aliphatic rings. The molecule has 3 aromatic rings. The predicted molar refractivity (Wildman–Crippen MR) is 80.9 cm³/mol. The van der Waals surface area contributed by atoms with Crippen molar-refractivity contribution >= 4 is 22.9 Å². The summed E-state index contributed by atoms with van der Waals surface area (Å²) in [5.41, 5.74) is 2.81. The number of carbonyl (C=O) groups excluding carboxylic acids is 1. The fourth-order valence-electron chi connectivity index (χ4n) is 1.90. The number of rotatable bonds is 5. The van der Waals surface area contributed by atoms with Gasteiger partial charge >= 0.3 is 0 Å². The first-order valence-electron chi connectivity index (χ1n) is 6.46. The average molecular weight is 299 g/mol. The van der Waals surface area contributed by atoms with E-state index in [-0.39, 0.29) is 5.91 Å². The standard InChI is InChI=1S/C14H13N5OS/c20-13(6-1-10-7-8-21-9-10)15-12-4-2-11(3-5-12)14-16-18-19-17-14/h2-5,7-9H,1,6H2,(H,15,20)(H,16,17,18,19). The number of nitrogens with zero attached hydrogens (tertiary/aromatic N) is 3. The predicted octanol–water partition coefficient (Wildman–Crippen LogP) is 2.50. The quantitative estimate of drug-likeness (QED) is 0.758. The summed E-state index contributed by atoms with van der Waals surface area (Å²) in [6.45, 7) is 0. The van der Waals surface area contributed by atoms with Gasteiger partial charge in [-0.05, 0) is 58.3 Å². The molecule has 0 radical (unpaired) electrons. The lowest BCUT2D eigenvalue weighted by molar-refractivity contribution is -0.116. The lowest BCUT2D eigenvalue weighted by atomic mass is 10.1. The molecule has 0 spiro atoms. The fourth-order valence-corrected chi connectivity index (χ4v) is 2.61. The molecule has 3 rings (SSSR count). The molecule has 0 fully saturated rings. The smallest absolute Gasteiger partial charge is 0.224 e. The number of amides is 1. The number of benzene rings is 1. The minimum absolute atomic E-state index is 0.00788. The molecule has 2 N–H and O–H groups in total. The van der Waals surface area contributed by atoms with Gasteiger partial charge in [-0.1, -0.05) is 0 Å². The second-order valence-corrected chi connectivity index (χ2v) is 5.27. The fraction of sp³-hybridized carbons (Fsp3) is 0.143. The maximum Gasteiger partial charge on any atom is 0.224 e. The monoisotopic (exact) mass is 299 g/mol. The van der Waals surface area contributed by atoms with Gasteiger partial charge in [-0.15, -0.1) is 10.2 Å². The summed E-state index contributed by atoms with van der Waals surface area (Å²) in [6.07, 6.45) is 1.24. The normalized spacial score (nSPS) is 10.5. The summed E-state index contributed by atoms with van der Waals surface area (Å²) in [4.78, 5) is 11.9. The first-order valence-corrected chi connectivity index (χ1v) is 7.40. The molecule has 1 aromatic carbocycles. The molecule has 0 saturated carbocycles. The molecule has 2 aromatic heterocycles. The van der Waals surface area contributed by atoms with Crippen molar-refractivity contribution in [2.75, 3.05) is 5.32 Å². The molecule has 0 bridgehead atoms. The van der Waals surface area contributed by atoms with Gasteiger partial charge < -0.3 is 5.32 Å². The number of hydrogen-bond donors (Lipinski definition) is 2. The third-order valence-electron chi connectivity index (χ3n) is 2.99. The van der Waals surface area contributed by atoms with Crippen LogP contribution in [0.2, 0.25) is 0 Å². The minimum Gasteiger partial charge on any atom is -0.326 e. The van der Waals surface area contributed by atoms with E-state index < -0.39 is 0 Å². The van der Waals surface area contributed by atoms with Gasteiger partial charge in [-0.3, -0.25) is 4.79 Å². The highest BCUT2D eigenvalue weighted by Gasteiger charge is 2.05. The highest BCUT2D eigenvalue weighted by molar-refractivity contribution is 7.07. The van der Waals surface area contributed by atoms with E-state index in [0.717, 1.165) is 17.7 Å². The zero-order valence-electron chi connectivity index (χ0n) is 11.1. The largest absolute Gasteiger partial charge is 0.326 e. The van der Waals surface area contributed by atoms with Crippen molar-refractivity contribution in [2.24, 2.45) is 0 Å². The van der Waals surface area contributed by atoms with Crippen LogP contribution < -0.4 is 5.32 Å². The van der Waals surface area contributed by atoms with Crippen LogP contribution in [-0.4, -0.2) is 26.5 Å². The van der Waals surface area contributed by atoms with E-state index in [2.05, 4.69) is 31.3 Å². The summed E-state index contributed by atoms with van der Waals surface area (Å²) in [6, 6.07) is 9.39. The Bertz CT molecular complexity index is 692. The van der Waals surface area contributed by atoms with Crippen molar-refractivity contribution in [2.45, 2.75) is 12.8 Å². The van der Waals surface area contributed by atoms with Crippen molar-refractivity contribution < 1.29 is 4.79 Å². The number of hydrogen-bond acceptors (Lipinski definition) is 5. The number of nitrogens with one attached hydrogen (secondary N) is 2. The van der Waals surface area contributed by atoms with E-state index in [4.69, 9.17) is 0 Å². The van der Waals surface area contributed by atoms with Crippen LogP contribution in [0.25, 0.3) is 11.4 Å².